The second kappa shape index (κ2) is 6.11. The summed E-state index contributed by atoms with van der Waals surface area (Å²) < 4.78 is 33.6. The molecule has 0 radical (unpaired) electrons. The van der Waals surface area contributed by atoms with Gasteiger partial charge in [-0.05, 0) is 24.3 Å². The maximum atomic E-state index is 12.4. The molecular weight excluding hydrogens is 292 g/mol. The Kier molecular flexibility index (Phi) is 4.44. The first-order chi connectivity index (χ1) is 9.95. The number of rotatable bonds is 5. The lowest BCUT2D eigenvalue weighted by Crippen LogP contribution is -2.26. The lowest BCUT2D eigenvalue weighted by Gasteiger charge is -2.10. The van der Waals surface area contributed by atoms with E-state index in [2.05, 4.69) is 9.46 Å². The average Bonchev–Trinajstić information content (AvgIpc) is 2.90. The van der Waals surface area contributed by atoms with Crippen molar-refractivity contribution in [2.24, 2.45) is 7.05 Å². The molecule has 6 nitrogen and oxygen atoms in total. The summed E-state index contributed by atoms with van der Waals surface area (Å²) in [6, 6.07) is 9.58. The first-order valence-electron chi connectivity index (χ1n) is 6.23. The number of carbonyl (C=O) groups excluding carboxylic acids is 1. The van der Waals surface area contributed by atoms with Crippen molar-refractivity contribution in [3.05, 3.63) is 53.9 Å². The maximum absolute atomic E-state index is 12.4. The van der Waals surface area contributed by atoms with Gasteiger partial charge in [0.15, 0.2) is 0 Å². The Morgan fingerprint density at radius 1 is 1.24 bits per heavy atom. The lowest BCUT2D eigenvalue weighted by atomic mass is 10.2. The van der Waals surface area contributed by atoms with Crippen molar-refractivity contribution in [2.45, 2.75) is 11.4 Å². The van der Waals surface area contributed by atoms with Crippen molar-refractivity contribution < 1.29 is 17.9 Å². The van der Waals surface area contributed by atoms with E-state index >= 15 is 0 Å². The molecule has 0 unspecified atom stereocenters. The molecule has 0 aliphatic heterocycles. The number of benzene rings is 1. The van der Waals surface area contributed by atoms with Crippen LogP contribution in [0.1, 0.15) is 16.1 Å². The van der Waals surface area contributed by atoms with E-state index in [9.17, 15) is 13.2 Å². The summed E-state index contributed by atoms with van der Waals surface area (Å²) in [5.74, 6) is -0.685. The van der Waals surface area contributed by atoms with Gasteiger partial charge in [-0.25, -0.2) is 17.9 Å². The van der Waals surface area contributed by atoms with Crippen LogP contribution in [0, 0.1) is 0 Å². The second-order valence-electron chi connectivity index (χ2n) is 4.42. The van der Waals surface area contributed by atoms with Gasteiger partial charge in [0.25, 0.3) is 0 Å². The number of ether oxygens (including phenoxy) is 1. The first-order valence-corrected chi connectivity index (χ1v) is 7.71. The van der Waals surface area contributed by atoms with Gasteiger partial charge < -0.3 is 9.30 Å². The highest BCUT2D eigenvalue weighted by molar-refractivity contribution is 7.89. The van der Waals surface area contributed by atoms with Crippen LogP contribution in [-0.4, -0.2) is 26.1 Å². The first kappa shape index (κ1) is 15.3. The van der Waals surface area contributed by atoms with Crippen molar-refractivity contribution in [3.63, 3.8) is 0 Å². The van der Waals surface area contributed by atoms with Crippen LogP contribution in [0.15, 0.2) is 47.5 Å². The molecule has 1 aromatic heterocycles. The SMILES string of the molecule is COC(=O)c1ccccc1S(=O)(=O)NCc1cccn1C. The van der Waals surface area contributed by atoms with Crippen molar-refractivity contribution in [1.82, 2.24) is 9.29 Å². The monoisotopic (exact) mass is 308 g/mol. The highest BCUT2D eigenvalue weighted by atomic mass is 32.2. The molecule has 1 heterocycles. The largest absolute Gasteiger partial charge is 0.465 e. The third-order valence-corrected chi connectivity index (χ3v) is 4.54. The van der Waals surface area contributed by atoms with E-state index in [1.165, 1.54) is 19.2 Å². The third-order valence-electron chi connectivity index (χ3n) is 3.08. The molecule has 0 saturated carbocycles. The molecule has 2 rings (SSSR count). The van der Waals surface area contributed by atoms with Gasteiger partial charge in [-0.15, -0.1) is 0 Å². The van der Waals surface area contributed by atoms with Crippen LogP contribution < -0.4 is 4.72 Å². The summed E-state index contributed by atoms with van der Waals surface area (Å²) in [5, 5.41) is 0. The van der Waals surface area contributed by atoms with Crippen LogP contribution in [0.2, 0.25) is 0 Å². The number of methoxy groups -OCH3 is 1. The number of aryl methyl sites for hydroxylation is 1. The van der Waals surface area contributed by atoms with Gasteiger partial charge in [-0.2, -0.15) is 0 Å². The van der Waals surface area contributed by atoms with E-state index in [-0.39, 0.29) is 17.0 Å². The second-order valence-corrected chi connectivity index (χ2v) is 6.16. The zero-order valence-corrected chi connectivity index (χ0v) is 12.6. The number of nitrogens with one attached hydrogen (secondary N) is 1. The molecule has 0 aliphatic carbocycles. The molecule has 21 heavy (non-hydrogen) atoms. The Labute approximate surface area is 123 Å². The topological polar surface area (TPSA) is 77.4 Å². The fraction of sp³-hybridized carbons (Fsp3) is 0.214. The highest BCUT2D eigenvalue weighted by Gasteiger charge is 2.22. The van der Waals surface area contributed by atoms with Crippen LogP contribution >= 0.6 is 0 Å². The molecule has 112 valence electrons. The summed E-state index contributed by atoms with van der Waals surface area (Å²) in [7, 11) is -0.766. The van der Waals surface area contributed by atoms with E-state index in [0.29, 0.717) is 0 Å². The predicted octanol–water partition coefficient (Wildman–Crippen LogP) is 1.29. The Hall–Kier alpha value is -2.12. The molecule has 0 atom stereocenters. The standard InChI is InChI=1S/C14H16N2O4S/c1-16-9-5-6-11(16)10-15-21(18,19)13-8-4-3-7-12(13)14(17)20-2/h3-9,15H,10H2,1-2H3. The Balaban J connectivity index is 2.28. The fourth-order valence-electron chi connectivity index (χ4n) is 1.91. The molecular formula is C14H16N2O4S. The van der Waals surface area contributed by atoms with Gasteiger partial charge in [0, 0.05) is 18.9 Å². The molecule has 1 aromatic carbocycles. The van der Waals surface area contributed by atoms with Crippen molar-refractivity contribution in [2.75, 3.05) is 7.11 Å². The van der Waals surface area contributed by atoms with E-state index in [1.807, 2.05) is 29.9 Å². The van der Waals surface area contributed by atoms with E-state index < -0.39 is 16.0 Å². The summed E-state index contributed by atoms with van der Waals surface area (Å²) in [4.78, 5) is 11.6. The van der Waals surface area contributed by atoms with E-state index in [4.69, 9.17) is 0 Å². The molecule has 0 saturated heterocycles. The summed E-state index contributed by atoms with van der Waals surface area (Å²) in [6.07, 6.45) is 1.83. The number of hydrogen-bond acceptors (Lipinski definition) is 4. The van der Waals surface area contributed by atoms with Crippen LogP contribution in [0.4, 0.5) is 0 Å². The van der Waals surface area contributed by atoms with Crippen molar-refractivity contribution in [1.29, 1.82) is 0 Å². The minimum atomic E-state index is -3.80. The van der Waals surface area contributed by atoms with E-state index in [1.54, 1.807) is 12.1 Å². The normalized spacial score (nSPS) is 11.3. The average molecular weight is 308 g/mol. The zero-order chi connectivity index (χ0) is 15.5. The van der Waals surface area contributed by atoms with Crippen LogP contribution in [0.25, 0.3) is 0 Å². The predicted molar refractivity (Wildman–Crippen MR) is 77.2 cm³/mol. The van der Waals surface area contributed by atoms with E-state index in [0.717, 1.165) is 5.69 Å². The number of sulfonamides is 1. The van der Waals surface area contributed by atoms with Crippen molar-refractivity contribution >= 4 is 16.0 Å². The number of hydrogen-bond donors (Lipinski definition) is 1. The molecule has 0 bridgehead atoms. The Bertz CT molecular complexity index is 750. The zero-order valence-electron chi connectivity index (χ0n) is 11.7. The molecule has 2 aromatic rings. The van der Waals surface area contributed by atoms with Crippen LogP contribution in [-0.2, 0) is 28.4 Å². The molecule has 7 heteroatoms. The van der Waals surface area contributed by atoms with Crippen LogP contribution in [0.3, 0.4) is 0 Å². The van der Waals surface area contributed by atoms with Gasteiger partial charge in [0.2, 0.25) is 10.0 Å². The Morgan fingerprint density at radius 2 is 1.95 bits per heavy atom. The number of esters is 1. The van der Waals surface area contributed by atoms with Gasteiger partial charge in [-0.1, -0.05) is 12.1 Å². The lowest BCUT2D eigenvalue weighted by molar-refractivity contribution is 0.0596. The fourth-order valence-corrected chi connectivity index (χ4v) is 3.10. The number of aromatic nitrogens is 1. The molecule has 1 N–H and O–H groups in total. The molecule has 0 amide bonds. The molecule has 0 fully saturated rings. The highest BCUT2D eigenvalue weighted by Crippen LogP contribution is 2.16. The maximum Gasteiger partial charge on any atom is 0.339 e. The van der Waals surface area contributed by atoms with Gasteiger partial charge in [0.1, 0.15) is 0 Å². The van der Waals surface area contributed by atoms with Crippen molar-refractivity contribution in [3.8, 4) is 0 Å². The molecule has 0 spiro atoms. The minimum absolute atomic E-state index is 0.0133. The van der Waals surface area contributed by atoms with Gasteiger partial charge >= 0.3 is 5.97 Å². The number of nitrogens with zero attached hydrogens (tertiary/aromatic N) is 1. The molecule has 0 aliphatic rings. The summed E-state index contributed by atoms with van der Waals surface area (Å²) in [6.45, 7) is 0.140. The quantitative estimate of drug-likeness (QED) is 0.844. The summed E-state index contributed by atoms with van der Waals surface area (Å²) in [5.41, 5.74) is 0.827. The Morgan fingerprint density at radius 3 is 2.57 bits per heavy atom. The minimum Gasteiger partial charge on any atom is -0.465 e. The van der Waals surface area contributed by atoms with Gasteiger partial charge in [0.05, 0.1) is 24.1 Å². The van der Waals surface area contributed by atoms with Crippen LogP contribution in [0.5, 0.6) is 0 Å². The number of carbonyl (C=O) groups is 1. The summed E-state index contributed by atoms with van der Waals surface area (Å²) >= 11 is 0. The smallest absolute Gasteiger partial charge is 0.339 e. The third kappa shape index (κ3) is 3.32. The van der Waals surface area contributed by atoms with Gasteiger partial charge in [-0.3, -0.25) is 0 Å².